The Bertz CT molecular complexity index is 406. The molecule has 0 bridgehead atoms. The Kier molecular flexibility index (Phi) is 8.73. The molecule has 2 N–H and O–H groups in total. The molecule has 0 aromatic carbocycles. The van der Waals surface area contributed by atoms with Gasteiger partial charge in [0.2, 0.25) is 0 Å². The Labute approximate surface area is 131 Å². The van der Waals surface area contributed by atoms with Crippen LogP contribution in [0.25, 0.3) is 0 Å². The van der Waals surface area contributed by atoms with Gasteiger partial charge in [0.05, 0.1) is 6.10 Å². The molecule has 7 heteroatoms. The normalized spacial score (nSPS) is 20.7. The maximum Gasteiger partial charge on any atom is 0.251 e. The molecule has 2 atom stereocenters. The zero-order valence-electron chi connectivity index (χ0n) is 11.4. The summed E-state index contributed by atoms with van der Waals surface area (Å²) in [5.41, 5.74) is 6.55. The molecule has 1 aromatic rings. The van der Waals surface area contributed by atoms with Crippen LogP contribution in [0.2, 0.25) is 0 Å². The summed E-state index contributed by atoms with van der Waals surface area (Å²) in [6, 6.07) is 3.82. The molecule has 0 radical (unpaired) electrons. The summed E-state index contributed by atoms with van der Waals surface area (Å²) in [5, 5.41) is 0. The molecule has 0 saturated carbocycles. The third-order valence-corrected chi connectivity index (χ3v) is 3.16. The van der Waals surface area contributed by atoms with E-state index >= 15 is 0 Å². The van der Waals surface area contributed by atoms with E-state index in [-0.39, 0.29) is 42.9 Å². The van der Waals surface area contributed by atoms with Crippen LogP contribution in [-0.2, 0) is 16.1 Å². The second-order valence-electron chi connectivity index (χ2n) is 4.62. The number of pyridine rings is 1. The van der Waals surface area contributed by atoms with Crippen molar-refractivity contribution in [3.8, 4) is 0 Å². The van der Waals surface area contributed by atoms with Crippen molar-refractivity contribution in [1.29, 1.82) is 0 Å². The molecular weight excluding hydrogens is 301 g/mol. The molecule has 1 amide bonds. The lowest BCUT2D eigenvalue weighted by Crippen LogP contribution is -2.36. The van der Waals surface area contributed by atoms with Gasteiger partial charge in [0, 0.05) is 32.5 Å². The maximum atomic E-state index is 12.2. The highest BCUT2D eigenvalue weighted by Gasteiger charge is 2.31. The molecule has 1 aliphatic heterocycles. The van der Waals surface area contributed by atoms with E-state index in [9.17, 15) is 4.79 Å². The largest absolute Gasteiger partial charge is 0.364 e. The van der Waals surface area contributed by atoms with E-state index in [2.05, 4.69) is 4.98 Å². The number of carbonyl (C=O) groups is 1. The van der Waals surface area contributed by atoms with E-state index in [1.807, 2.05) is 12.1 Å². The van der Waals surface area contributed by atoms with Gasteiger partial charge in [0.1, 0.15) is 6.10 Å². The second kappa shape index (κ2) is 9.13. The predicted molar refractivity (Wildman–Crippen MR) is 82.2 cm³/mol. The van der Waals surface area contributed by atoms with E-state index in [1.165, 1.54) is 0 Å². The number of aromatic nitrogens is 1. The number of nitrogens with zero attached hydrogens (tertiary/aromatic N) is 2. The quantitative estimate of drug-likeness (QED) is 0.909. The van der Waals surface area contributed by atoms with Crippen LogP contribution in [-0.4, -0.2) is 41.6 Å². The lowest BCUT2D eigenvalue weighted by atomic mass is 10.1. The first-order chi connectivity index (χ1) is 8.70. The highest BCUT2D eigenvalue weighted by atomic mass is 35.5. The number of carbonyl (C=O) groups excluding carboxylic acids is 1. The number of hydrogen-bond donors (Lipinski definition) is 1. The summed E-state index contributed by atoms with van der Waals surface area (Å²) in [5.74, 6) is 0.0230. The smallest absolute Gasteiger partial charge is 0.251 e. The van der Waals surface area contributed by atoms with Gasteiger partial charge in [-0.05, 0) is 24.5 Å². The van der Waals surface area contributed by atoms with Gasteiger partial charge in [0.15, 0.2) is 0 Å². The standard InChI is InChI=1S/C13H19N3O2.2ClH/c1-16(9-10-3-2-6-15-8-10)13(17)12-5-4-11(7-14)18-12;;/h2-3,6,8,11-12H,4-5,7,9,14H2,1H3;2*1H/t11-,12+;;/m1../s1. The van der Waals surface area contributed by atoms with E-state index in [0.29, 0.717) is 13.1 Å². The fourth-order valence-corrected chi connectivity index (χ4v) is 2.15. The summed E-state index contributed by atoms with van der Waals surface area (Å²) in [7, 11) is 1.79. The average molecular weight is 322 g/mol. The van der Waals surface area contributed by atoms with Gasteiger partial charge in [-0.1, -0.05) is 6.07 Å². The van der Waals surface area contributed by atoms with Gasteiger partial charge in [-0.3, -0.25) is 9.78 Å². The van der Waals surface area contributed by atoms with Gasteiger partial charge in [-0.25, -0.2) is 0 Å². The first-order valence-corrected chi connectivity index (χ1v) is 6.20. The Hall–Kier alpha value is -0.880. The van der Waals surface area contributed by atoms with Crippen LogP contribution >= 0.6 is 24.8 Å². The molecular formula is C13H21Cl2N3O2. The van der Waals surface area contributed by atoms with Crippen LogP contribution in [0.1, 0.15) is 18.4 Å². The summed E-state index contributed by atoms with van der Waals surface area (Å²) < 4.78 is 5.60. The highest BCUT2D eigenvalue weighted by molar-refractivity contribution is 5.85. The molecule has 1 aromatic heterocycles. The molecule has 1 saturated heterocycles. The maximum absolute atomic E-state index is 12.2. The molecule has 114 valence electrons. The number of rotatable bonds is 4. The van der Waals surface area contributed by atoms with E-state index < -0.39 is 0 Å². The molecule has 20 heavy (non-hydrogen) atoms. The van der Waals surface area contributed by atoms with E-state index in [4.69, 9.17) is 10.5 Å². The number of hydrogen-bond acceptors (Lipinski definition) is 4. The van der Waals surface area contributed by atoms with Crippen LogP contribution in [0.15, 0.2) is 24.5 Å². The van der Waals surface area contributed by atoms with Crippen molar-refractivity contribution in [2.75, 3.05) is 13.6 Å². The summed E-state index contributed by atoms with van der Waals surface area (Å²) in [6.07, 6.45) is 4.82. The van der Waals surface area contributed by atoms with Crippen molar-refractivity contribution in [3.05, 3.63) is 30.1 Å². The van der Waals surface area contributed by atoms with Crippen molar-refractivity contribution in [2.24, 2.45) is 5.73 Å². The Morgan fingerprint density at radius 1 is 1.50 bits per heavy atom. The average Bonchev–Trinajstić information content (AvgIpc) is 2.87. The zero-order chi connectivity index (χ0) is 13.0. The number of amides is 1. The first kappa shape index (κ1) is 19.1. The van der Waals surface area contributed by atoms with Crippen LogP contribution in [0, 0.1) is 0 Å². The number of ether oxygens (including phenoxy) is 1. The Morgan fingerprint density at radius 3 is 2.80 bits per heavy atom. The molecule has 0 spiro atoms. The molecule has 5 nitrogen and oxygen atoms in total. The number of nitrogens with two attached hydrogens (primary N) is 1. The molecule has 1 fully saturated rings. The molecule has 2 heterocycles. The van der Waals surface area contributed by atoms with Crippen molar-refractivity contribution in [3.63, 3.8) is 0 Å². The Balaban J connectivity index is 0.00000180. The minimum Gasteiger partial charge on any atom is -0.364 e. The lowest BCUT2D eigenvalue weighted by molar-refractivity contribution is -0.141. The molecule has 0 unspecified atom stereocenters. The van der Waals surface area contributed by atoms with Gasteiger partial charge in [0.25, 0.3) is 5.91 Å². The number of halogens is 2. The van der Waals surface area contributed by atoms with Crippen molar-refractivity contribution in [2.45, 2.75) is 31.6 Å². The molecule has 0 aliphatic carbocycles. The van der Waals surface area contributed by atoms with Crippen LogP contribution in [0.3, 0.4) is 0 Å². The highest BCUT2D eigenvalue weighted by Crippen LogP contribution is 2.20. The Morgan fingerprint density at radius 2 is 2.25 bits per heavy atom. The van der Waals surface area contributed by atoms with Crippen molar-refractivity contribution >= 4 is 30.7 Å². The third kappa shape index (κ3) is 4.90. The zero-order valence-corrected chi connectivity index (χ0v) is 13.0. The lowest BCUT2D eigenvalue weighted by Gasteiger charge is -2.21. The second-order valence-corrected chi connectivity index (χ2v) is 4.62. The van der Waals surface area contributed by atoms with E-state index in [1.54, 1.807) is 24.3 Å². The minimum atomic E-state index is -0.333. The third-order valence-electron chi connectivity index (χ3n) is 3.16. The van der Waals surface area contributed by atoms with Crippen LogP contribution < -0.4 is 5.73 Å². The molecule has 2 rings (SSSR count). The number of likely N-dealkylation sites (N-methyl/N-ethyl adjacent to an activating group) is 1. The van der Waals surface area contributed by atoms with Crippen LogP contribution in [0.5, 0.6) is 0 Å². The topological polar surface area (TPSA) is 68.5 Å². The van der Waals surface area contributed by atoms with Gasteiger partial charge >= 0.3 is 0 Å². The van der Waals surface area contributed by atoms with E-state index in [0.717, 1.165) is 18.4 Å². The van der Waals surface area contributed by atoms with Crippen molar-refractivity contribution in [1.82, 2.24) is 9.88 Å². The summed E-state index contributed by atoms with van der Waals surface area (Å²) in [6.45, 7) is 1.04. The minimum absolute atomic E-state index is 0. The fraction of sp³-hybridized carbons (Fsp3) is 0.538. The SMILES string of the molecule is CN(Cc1cccnc1)C(=O)[C@@H]1CC[C@H](CN)O1.Cl.Cl. The summed E-state index contributed by atoms with van der Waals surface area (Å²) in [4.78, 5) is 17.9. The van der Waals surface area contributed by atoms with Gasteiger partial charge in [-0.15, -0.1) is 24.8 Å². The predicted octanol–water partition coefficient (Wildman–Crippen LogP) is 1.39. The van der Waals surface area contributed by atoms with Crippen molar-refractivity contribution < 1.29 is 9.53 Å². The van der Waals surface area contributed by atoms with Gasteiger partial charge < -0.3 is 15.4 Å². The fourth-order valence-electron chi connectivity index (χ4n) is 2.15. The van der Waals surface area contributed by atoms with Crippen LogP contribution in [0.4, 0.5) is 0 Å². The summed E-state index contributed by atoms with van der Waals surface area (Å²) >= 11 is 0. The first-order valence-electron chi connectivity index (χ1n) is 6.20. The monoisotopic (exact) mass is 321 g/mol. The molecule has 1 aliphatic rings. The van der Waals surface area contributed by atoms with Gasteiger partial charge in [-0.2, -0.15) is 0 Å².